The highest BCUT2D eigenvalue weighted by atomic mass is 19.4. The minimum atomic E-state index is -4.79. The van der Waals surface area contributed by atoms with E-state index in [9.17, 15) is 27.5 Å². The van der Waals surface area contributed by atoms with E-state index in [-0.39, 0.29) is 23.7 Å². The zero-order valence-corrected chi connectivity index (χ0v) is 20.4. The van der Waals surface area contributed by atoms with E-state index >= 15 is 0 Å². The monoisotopic (exact) mass is 523 g/mol. The van der Waals surface area contributed by atoms with Gasteiger partial charge < -0.3 is 5.11 Å². The summed E-state index contributed by atoms with van der Waals surface area (Å²) in [5, 5.41) is 15.9. The third kappa shape index (κ3) is 3.74. The average molecular weight is 524 g/mol. The van der Waals surface area contributed by atoms with Crippen LogP contribution in [0.15, 0.2) is 67.0 Å². The number of Topliss-reactive ketones (excluding diaryl/α,β-unsaturated/α-hetero) is 1. The van der Waals surface area contributed by atoms with Crippen LogP contribution in [0.1, 0.15) is 53.7 Å². The molecule has 0 bridgehead atoms. The standard InChI is InChI=1S/C29H25F4N3O2/c30-21-7-9-22(10-8-21)36-25-15-18-4-3-5-20-16-27(38,29(31,32)33)11-12-28(20,23(18)14-19(25)17-35-36)26(37)24-6-1-2-13-34-24/h1-2,6-10,13-15,17,20,38H,3-5,11-12,16H2/t20-,27-,28+/m1/s1. The van der Waals surface area contributed by atoms with E-state index in [0.29, 0.717) is 30.5 Å². The molecule has 2 aliphatic carbocycles. The Morgan fingerprint density at radius 1 is 1.08 bits per heavy atom. The third-order valence-corrected chi connectivity index (χ3v) is 8.39. The molecule has 0 spiro atoms. The summed E-state index contributed by atoms with van der Waals surface area (Å²) in [6.07, 6.45) is -1.40. The van der Waals surface area contributed by atoms with Crippen molar-refractivity contribution in [3.05, 3.63) is 89.6 Å². The smallest absolute Gasteiger partial charge is 0.380 e. The summed E-state index contributed by atoms with van der Waals surface area (Å²) in [7, 11) is 0. The number of carbonyl (C=O) groups excluding carboxylic acids is 1. The lowest BCUT2D eigenvalue weighted by molar-refractivity contribution is -0.277. The summed E-state index contributed by atoms with van der Waals surface area (Å²) in [4.78, 5) is 18.5. The Bertz CT molecular complexity index is 1520. The van der Waals surface area contributed by atoms with Crippen LogP contribution in [0.2, 0.25) is 0 Å². The molecule has 0 radical (unpaired) electrons. The largest absolute Gasteiger partial charge is 0.417 e. The summed E-state index contributed by atoms with van der Waals surface area (Å²) in [5.41, 5.74) is -0.921. The van der Waals surface area contributed by atoms with Crippen LogP contribution in [0.5, 0.6) is 0 Å². The predicted octanol–water partition coefficient (Wildman–Crippen LogP) is 6.11. The van der Waals surface area contributed by atoms with E-state index in [1.54, 1.807) is 41.2 Å². The Hall–Kier alpha value is -3.59. The maximum Gasteiger partial charge on any atom is 0.417 e. The lowest BCUT2D eigenvalue weighted by atomic mass is 9.55. The molecule has 1 fully saturated rings. The Labute approximate surface area is 216 Å². The fraction of sp³-hybridized carbons (Fsp3) is 0.345. The number of fused-ring (bicyclic) bond motifs is 4. The van der Waals surface area contributed by atoms with E-state index < -0.39 is 36.0 Å². The molecule has 9 heteroatoms. The molecule has 0 amide bonds. The number of aryl methyl sites for hydroxylation is 1. The van der Waals surface area contributed by atoms with Gasteiger partial charge in [-0.25, -0.2) is 9.07 Å². The number of nitrogens with zero attached hydrogens (tertiary/aromatic N) is 3. The molecule has 2 aliphatic rings. The number of aromatic nitrogens is 3. The molecule has 196 valence electrons. The van der Waals surface area contributed by atoms with Gasteiger partial charge >= 0.3 is 6.18 Å². The van der Waals surface area contributed by atoms with Crippen LogP contribution < -0.4 is 0 Å². The van der Waals surface area contributed by atoms with E-state index in [0.717, 1.165) is 16.5 Å². The molecule has 4 aromatic rings. The first-order valence-electron chi connectivity index (χ1n) is 12.6. The highest BCUT2D eigenvalue weighted by Gasteiger charge is 2.63. The van der Waals surface area contributed by atoms with E-state index in [1.807, 2.05) is 12.1 Å². The number of hydrogen-bond donors (Lipinski definition) is 1. The quantitative estimate of drug-likeness (QED) is 0.260. The first-order valence-corrected chi connectivity index (χ1v) is 12.6. The Kier molecular flexibility index (Phi) is 5.68. The van der Waals surface area contributed by atoms with Crippen LogP contribution in [0.3, 0.4) is 0 Å². The Morgan fingerprint density at radius 2 is 1.87 bits per heavy atom. The Morgan fingerprint density at radius 3 is 2.58 bits per heavy atom. The van der Waals surface area contributed by atoms with Gasteiger partial charge in [0, 0.05) is 11.6 Å². The van der Waals surface area contributed by atoms with Crippen molar-refractivity contribution in [3.63, 3.8) is 0 Å². The van der Waals surface area contributed by atoms with Crippen LogP contribution in [-0.2, 0) is 11.8 Å². The van der Waals surface area contributed by atoms with Crippen molar-refractivity contribution in [1.82, 2.24) is 14.8 Å². The number of rotatable bonds is 3. The van der Waals surface area contributed by atoms with Crippen molar-refractivity contribution in [2.24, 2.45) is 5.92 Å². The van der Waals surface area contributed by atoms with Crippen molar-refractivity contribution < 1.29 is 27.5 Å². The number of carbonyl (C=O) groups is 1. The summed E-state index contributed by atoms with van der Waals surface area (Å²) < 4.78 is 57.0. The summed E-state index contributed by atoms with van der Waals surface area (Å²) in [6, 6.07) is 14.7. The van der Waals surface area contributed by atoms with E-state index in [2.05, 4.69) is 10.1 Å². The SMILES string of the molecule is O=C(c1ccccn1)[C@@]12CC[C@](O)(C(F)(F)F)C[C@H]1CCCc1cc3c(cnn3-c3ccc(F)cc3)cc12. The molecule has 6 rings (SSSR count). The number of halogens is 4. The minimum Gasteiger partial charge on any atom is -0.380 e. The molecular weight excluding hydrogens is 498 g/mol. The first kappa shape index (κ1) is 24.7. The zero-order valence-electron chi connectivity index (χ0n) is 20.4. The highest BCUT2D eigenvalue weighted by Crippen LogP contribution is 2.56. The molecular formula is C29H25F4N3O2. The molecule has 5 nitrogen and oxygen atoms in total. The van der Waals surface area contributed by atoms with Gasteiger partial charge in [-0.05, 0) is 104 Å². The van der Waals surface area contributed by atoms with Crippen LogP contribution in [0, 0.1) is 11.7 Å². The number of ketones is 1. The number of aliphatic hydroxyl groups is 1. The second-order valence-electron chi connectivity index (χ2n) is 10.4. The van der Waals surface area contributed by atoms with Crippen molar-refractivity contribution in [2.45, 2.75) is 55.7 Å². The molecule has 2 aromatic carbocycles. The van der Waals surface area contributed by atoms with Crippen molar-refractivity contribution >= 4 is 16.7 Å². The van der Waals surface area contributed by atoms with Gasteiger partial charge in [0.1, 0.15) is 11.5 Å². The summed E-state index contributed by atoms with van der Waals surface area (Å²) >= 11 is 0. The topological polar surface area (TPSA) is 68.0 Å². The number of alkyl halides is 3. The second kappa shape index (κ2) is 8.73. The van der Waals surface area contributed by atoms with Crippen molar-refractivity contribution in [1.29, 1.82) is 0 Å². The first-order chi connectivity index (χ1) is 18.1. The minimum absolute atomic E-state index is 0.145. The number of benzene rings is 2. The van der Waals surface area contributed by atoms with Gasteiger partial charge in [0.15, 0.2) is 11.4 Å². The van der Waals surface area contributed by atoms with Gasteiger partial charge in [0.2, 0.25) is 0 Å². The van der Waals surface area contributed by atoms with Gasteiger partial charge in [-0.3, -0.25) is 9.78 Å². The fourth-order valence-electron chi connectivity index (χ4n) is 6.47. The van der Waals surface area contributed by atoms with Gasteiger partial charge in [-0.15, -0.1) is 0 Å². The predicted molar refractivity (Wildman–Crippen MR) is 133 cm³/mol. The lowest BCUT2D eigenvalue weighted by Crippen LogP contribution is -2.57. The molecule has 38 heavy (non-hydrogen) atoms. The summed E-state index contributed by atoms with van der Waals surface area (Å²) in [6.45, 7) is 0. The maximum atomic E-state index is 14.2. The maximum absolute atomic E-state index is 14.2. The molecule has 0 aliphatic heterocycles. The van der Waals surface area contributed by atoms with Crippen LogP contribution in [0.4, 0.5) is 17.6 Å². The van der Waals surface area contributed by atoms with Crippen LogP contribution in [-0.4, -0.2) is 37.4 Å². The van der Waals surface area contributed by atoms with Gasteiger partial charge in [-0.2, -0.15) is 18.3 Å². The zero-order chi connectivity index (χ0) is 26.7. The lowest BCUT2D eigenvalue weighted by Gasteiger charge is -2.49. The highest BCUT2D eigenvalue weighted by molar-refractivity contribution is 6.04. The Balaban J connectivity index is 1.54. The molecule has 3 atom stereocenters. The van der Waals surface area contributed by atoms with E-state index in [1.165, 1.54) is 18.3 Å². The summed E-state index contributed by atoms with van der Waals surface area (Å²) in [5.74, 6) is -1.40. The van der Waals surface area contributed by atoms with Gasteiger partial charge in [-0.1, -0.05) is 6.07 Å². The average Bonchev–Trinajstić information content (AvgIpc) is 3.24. The molecule has 2 aromatic heterocycles. The van der Waals surface area contributed by atoms with Gasteiger partial charge in [0.25, 0.3) is 0 Å². The third-order valence-electron chi connectivity index (χ3n) is 8.39. The molecule has 0 unspecified atom stereocenters. The number of pyridine rings is 1. The molecule has 2 heterocycles. The fourth-order valence-corrected chi connectivity index (χ4v) is 6.47. The van der Waals surface area contributed by atoms with Crippen molar-refractivity contribution in [3.8, 4) is 5.69 Å². The van der Waals surface area contributed by atoms with Gasteiger partial charge in [0.05, 0.1) is 22.8 Å². The molecule has 1 N–H and O–H groups in total. The van der Waals surface area contributed by atoms with Crippen LogP contribution >= 0.6 is 0 Å². The van der Waals surface area contributed by atoms with Crippen molar-refractivity contribution in [2.75, 3.05) is 0 Å². The normalized spacial score (nSPS) is 25.4. The van der Waals surface area contributed by atoms with E-state index in [4.69, 9.17) is 0 Å². The van der Waals surface area contributed by atoms with Crippen LogP contribution in [0.25, 0.3) is 16.6 Å². The molecule has 0 saturated heterocycles. The second-order valence-corrected chi connectivity index (χ2v) is 10.4. The molecule has 1 saturated carbocycles. The number of hydrogen-bond acceptors (Lipinski definition) is 4.